The van der Waals surface area contributed by atoms with Gasteiger partial charge in [0.05, 0.1) is 12.0 Å². The minimum atomic E-state index is 0.569. The lowest BCUT2D eigenvalue weighted by Gasteiger charge is -1.99. The summed E-state index contributed by atoms with van der Waals surface area (Å²) < 4.78 is 5.87. The molecule has 0 fully saturated rings. The molecular formula is C11H9BrN2OS. The molecule has 0 aliphatic rings. The summed E-state index contributed by atoms with van der Waals surface area (Å²) in [6.07, 6.45) is 2.41. The summed E-state index contributed by atoms with van der Waals surface area (Å²) in [6.45, 7) is 2.02. The van der Waals surface area contributed by atoms with Crippen molar-refractivity contribution in [3.8, 4) is 16.5 Å². The monoisotopic (exact) mass is 296 g/mol. The second-order valence-electron chi connectivity index (χ2n) is 3.23. The van der Waals surface area contributed by atoms with Crippen LogP contribution in [-0.2, 0) is 6.42 Å². The van der Waals surface area contributed by atoms with Crippen LogP contribution in [0.2, 0.25) is 0 Å². The van der Waals surface area contributed by atoms with E-state index in [1.807, 2.05) is 13.0 Å². The van der Waals surface area contributed by atoms with Gasteiger partial charge >= 0.3 is 0 Å². The van der Waals surface area contributed by atoms with Gasteiger partial charge in [-0.3, -0.25) is 0 Å². The van der Waals surface area contributed by atoms with Gasteiger partial charge in [0.25, 0.3) is 0 Å². The van der Waals surface area contributed by atoms with Crippen LogP contribution < -0.4 is 5.73 Å². The molecule has 2 rings (SSSR count). The molecule has 2 N–H and O–H groups in total. The molecule has 0 aliphatic carbocycles. The Morgan fingerprint density at radius 3 is 2.88 bits per heavy atom. The van der Waals surface area contributed by atoms with Crippen LogP contribution in [-0.4, -0.2) is 0 Å². The van der Waals surface area contributed by atoms with Gasteiger partial charge in [-0.2, -0.15) is 5.26 Å². The van der Waals surface area contributed by atoms with Crippen LogP contribution in [0.4, 0.5) is 5.69 Å². The largest absolute Gasteiger partial charge is 0.457 e. The van der Waals surface area contributed by atoms with Gasteiger partial charge in [-0.05, 0) is 34.0 Å². The first-order valence-corrected chi connectivity index (χ1v) is 6.34. The second-order valence-corrected chi connectivity index (χ2v) is 4.97. The molecule has 0 saturated carbocycles. The first kappa shape index (κ1) is 11.2. The Kier molecular flexibility index (Phi) is 3.03. The van der Waals surface area contributed by atoms with Crippen LogP contribution in [0, 0.1) is 11.3 Å². The summed E-state index contributed by atoms with van der Waals surface area (Å²) in [5.41, 5.74) is 8.49. The predicted octanol–water partition coefficient (Wildman–Crippen LogP) is 3.79. The zero-order valence-electron chi connectivity index (χ0n) is 8.58. The summed E-state index contributed by atoms with van der Waals surface area (Å²) in [6, 6.07) is 3.99. The third-order valence-electron chi connectivity index (χ3n) is 2.37. The smallest absolute Gasteiger partial charge is 0.177 e. The molecule has 5 heteroatoms. The number of nitrogens with zero attached hydrogens (tertiary/aromatic N) is 1. The van der Waals surface area contributed by atoms with Gasteiger partial charge in [-0.15, -0.1) is 11.3 Å². The fourth-order valence-electron chi connectivity index (χ4n) is 1.59. The number of nitrogens with two attached hydrogens (primary N) is 1. The molecule has 0 radical (unpaired) electrons. The van der Waals surface area contributed by atoms with E-state index in [0.717, 1.165) is 22.4 Å². The van der Waals surface area contributed by atoms with Gasteiger partial charge in [0.15, 0.2) is 4.67 Å². The van der Waals surface area contributed by atoms with E-state index in [1.165, 1.54) is 11.3 Å². The number of anilines is 1. The molecule has 2 heterocycles. The van der Waals surface area contributed by atoms with Gasteiger partial charge in [0.2, 0.25) is 0 Å². The Bertz CT molecular complexity index is 565. The quantitative estimate of drug-likeness (QED) is 0.917. The summed E-state index contributed by atoms with van der Waals surface area (Å²) in [7, 11) is 0. The lowest BCUT2D eigenvalue weighted by atomic mass is 10.1. The molecule has 0 bridgehead atoms. The van der Waals surface area contributed by atoms with Crippen molar-refractivity contribution in [1.29, 1.82) is 5.26 Å². The summed E-state index contributed by atoms with van der Waals surface area (Å²) in [5.74, 6) is 0. The van der Waals surface area contributed by atoms with E-state index in [2.05, 4.69) is 22.0 Å². The van der Waals surface area contributed by atoms with E-state index in [4.69, 9.17) is 15.4 Å². The van der Waals surface area contributed by atoms with E-state index >= 15 is 0 Å². The van der Waals surface area contributed by atoms with E-state index in [1.54, 1.807) is 6.26 Å². The minimum Gasteiger partial charge on any atom is -0.457 e. The Labute approximate surface area is 106 Å². The zero-order chi connectivity index (χ0) is 11.7. The maximum atomic E-state index is 8.96. The minimum absolute atomic E-state index is 0.569. The summed E-state index contributed by atoms with van der Waals surface area (Å²) in [5, 5.41) is 8.96. The Hall–Kier alpha value is -1.25. The number of hydrogen-bond acceptors (Lipinski definition) is 4. The Morgan fingerprint density at radius 1 is 1.62 bits per heavy atom. The van der Waals surface area contributed by atoms with Gasteiger partial charge in [-0.1, -0.05) is 6.92 Å². The van der Waals surface area contributed by atoms with Crippen LogP contribution >= 0.6 is 27.3 Å². The van der Waals surface area contributed by atoms with Crippen molar-refractivity contribution in [1.82, 2.24) is 0 Å². The number of hydrogen-bond donors (Lipinski definition) is 1. The van der Waals surface area contributed by atoms with Crippen molar-refractivity contribution in [2.45, 2.75) is 13.3 Å². The highest BCUT2D eigenvalue weighted by atomic mass is 79.9. The molecule has 82 valence electrons. The number of halogens is 1. The molecule has 0 saturated heterocycles. The third kappa shape index (κ3) is 1.64. The molecule has 0 spiro atoms. The average molecular weight is 297 g/mol. The second kappa shape index (κ2) is 4.32. The molecule has 3 nitrogen and oxygen atoms in total. The summed E-state index contributed by atoms with van der Waals surface area (Å²) >= 11 is 4.74. The molecule has 2 aromatic heterocycles. The molecule has 16 heavy (non-hydrogen) atoms. The number of nitrogen functional groups attached to an aromatic ring is 1. The highest BCUT2D eigenvalue weighted by Gasteiger charge is 2.18. The fraction of sp³-hybridized carbons (Fsp3) is 0.182. The van der Waals surface area contributed by atoms with Crippen molar-refractivity contribution >= 4 is 33.0 Å². The van der Waals surface area contributed by atoms with Gasteiger partial charge in [-0.25, -0.2) is 0 Å². The van der Waals surface area contributed by atoms with Crippen LogP contribution in [0.5, 0.6) is 0 Å². The maximum Gasteiger partial charge on any atom is 0.177 e. The number of nitriles is 1. The van der Waals surface area contributed by atoms with Crippen molar-refractivity contribution in [3.05, 3.63) is 27.4 Å². The SMILES string of the molecule is CCc1c(-c2ccoc2Br)sc(C#N)c1N. The van der Waals surface area contributed by atoms with Gasteiger partial charge < -0.3 is 10.2 Å². The standard InChI is InChI=1S/C11H9BrN2OS/c1-2-6-9(14)8(5-13)16-10(6)7-3-4-15-11(7)12/h3-4H,2,14H2,1H3. The lowest BCUT2D eigenvalue weighted by Crippen LogP contribution is -1.91. The van der Waals surface area contributed by atoms with Crippen molar-refractivity contribution < 1.29 is 4.42 Å². The molecule has 0 aromatic carbocycles. The topological polar surface area (TPSA) is 63.0 Å². The van der Waals surface area contributed by atoms with Gasteiger partial charge in [0, 0.05) is 10.4 Å². The summed E-state index contributed by atoms with van der Waals surface area (Å²) in [4.78, 5) is 1.58. The molecular weight excluding hydrogens is 288 g/mol. The van der Waals surface area contributed by atoms with Gasteiger partial charge in [0.1, 0.15) is 10.9 Å². The Balaban J connectivity index is 2.67. The van der Waals surface area contributed by atoms with Crippen molar-refractivity contribution in [3.63, 3.8) is 0 Å². The molecule has 2 aromatic rings. The maximum absolute atomic E-state index is 8.96. The molecule has 0 atom stereocenters. The van der Waals surface area contributed by atoms with Crippen molar-refractivity contribution in [2.75, 3.05) is 5.73 Å². The van der Waals surface area contributed by atoms with Crippen molar-refractivity contribution in [2.24, 2.45) is 0 Å². The van der Waals surface area contributed by atoms with Crippen LogP contribution in [0.15, 0.2) is 21.4 Å². The fourth-order valence-corrected chi connectivity index (χ4v) is 3.29. The van der Waals surface area contributed by atoms with E-state index < -0.39 is 0 Å². The van der Waals surface area contributed by atoms with Crippen LogP contribution in [0.25, 0.3) is 10.4 Å². The number of rotatable bonds is 2. The van der Waals surface area contributed by atoms with E-state index in [-0.39, 0.29) is 0 Å². The Morgan fingerprint density at radius 2 is 2.38 bits per heavy atom. The first-order chi connectivity index (χ1) is 7.69. The number of furan rings is 1. The van der Waals surface area contributed by atoms with E-state index in [9.17, 15) is 0 Å². The highest BCUT2D eigenvalue weighted by Crippen LogP contribution is 2.41. The van der Waals surface area contributed by atoms with E-state index in [0.29, 0.717) is 15.2 Å². The molecule has 0 unspecified atom stereocenters. The molecule has 0 amide bonds. The third-order valence-corrected chi connectivity index (χ3v) is 4.17. The average Bonchev–Trinajstić information content (AvgIpc) is 2.82. The zero-order valence-corrected chi connectivity index (χ0v) is 11.0. The first-order valence-electron chi connectivity index (χ1n) is 4.73. The molecule has 0 aliphatic heterocycles. The lowest BCUT2D eigenvalue weighted by molar-refractivity contribution is 0.542. The number of thiophene rings is 1. The van der Waals surface area contributed by atoms with Crippen LogP contribution in [0.3, 0.4) is 0 Å². The highest BCUT2D eigenvalue weighted by molar-refractivity contribution is 9.10. The van der Waals surface area contributed by atoms with Crippen LogP contribution in [0.1, 0.15) is 17.4 Å². The normalized spacial score (nSPS) is 10.3. The predicted molar refractivity (Wildman–Crippen MR) is 68.2 cm³/mol.